The summed E-state index contributed by atoms with van der Waals surface area (Å²) < 4.78 is 27.1. The van der Waals surface area contributed by atoms with Gasteiger partial charge in [-0.05, 0) is 25.0 Å². The van der Waals surface area contributed by atoms with Gasteiger partial charge >= 0.3 is 0 Å². The van der Waals surface area contributed by atoms with Crippen molar-refractivity contribution in [3.8, 4) is 5.82 Å². The van der Waals surface area contributed by atoms with Crippen molar-refractivity contribution in [3.05, 3.63) is 36.0 Å². The van der Waals surface area contributed by atoms with E-state index in [0.29, 0.717) is 23.4 Å². The first kappa shape index (κ1) is 16.6. The molecular weight excluding hydrogens is 302 g/mol. The molecule has 0 aliphatic carbocycles. The molecule has 2 rings (SSSR count). The highest BCUT2D eigenvalue weighted by Gasteiger charge is 2.21. The van der Waals surface area contributed by atoms with E-state index in [-0.39, 0.29) is 0 Å². The van der Waals surface area contributed by atoms with E-state index in [2.05, 4.69) is 33.6 Å². The fourth-order valence-electron chi connectivity index (χ4n) is 2.12. The predicted molar refractivity (Wildman–Crippen MR) is 84.1 cm³/mol. The number of rotatable bonds is 6. The maximum absolute atomic E-state index is 11.5. The lowest BCUT2D eigenvalue weighted by Gasteiger charge is -2.12. The molecule has 2 aromatic heterocycles. The van der Waals surface area contributed by atoms with Crippen molar-refractivity contribution in [3.63, 3.8) is 0 Å². The van der Waals surface area contributed by atoms with E-state index in [1.54, 1.807) is 17.8 Å². The molecule has 0 aromatic carbocycles. The fourth-order valence-corrected chi connectivity index (χ4v) is 2.87. The normalized spacial score (nSPS) is 13.5. The van der Waals surface area contributed by atoms with Crippen molar-refractivity contribution < 1.29 is 8.42 Å². The first-order chi connectivity index (χ1) is 10.3. The first-order valence-electron chi connectivity index (χ1n) is 7.11. The van der Waals surface area contributed by atoms with Gasteiger partial charge in [0.15, 0.2) is 17.5 Å². The van der Waals surface area contributed by atoms with Gasteiger partial charge < -0.3 is 0 Å². The van der Waals surface area contributed by atoms with E-state index in [1.807, 2.05) is 18.2 Å². The lowest BCUT2D eigenvalue weighted by molar-refractivity contribution is 0.559. The highest BCUT2D eigenvalue weighted by molar-refractivity contribution is 7.88. The number of pyridine rings is 1. The van der Waals surface area contributed by atoms with Crippen LogP contribution in [0.5, 0.6) is 0 Å². The summed E-state index contributed by atoms with van der Waals surface area (Å²) in [4.78, 5) is 8.76. The number of sulfonamides is 1. The largest absolute Gasteiger partial charge is 0.237 e. The van der Waals surface area contributed by atoms with Gasteiger partial charge in [-0.2, -0.15) is 4.68 Å². The van der Waals surface area contributed by atoms with E-state index in [0.717, 1.165) is 12.7 Å². The van der Waals surface area contributed by atoms with Crippen LogP contribution < -0.4 is 4.72 Å². The summed E-state index contributed by atoms with van der Waals surface area (Å²) in [5.74, 6) is 2.23. The molecule has 1 N–H and O–H groups in total. The predicted octanol–water partition coefficient (Wildman–Crippen LogP) is 1.47. The Kier molecular flexibility index (Phi) is 4.92. The van der Waals surface area contributed by atoms with Crippen molar-refractivity contribution in [2.45, 2.75) is 33.2 Å². The molecule has 0 bridgehead atoms. The lowest BCUT2D eigenvalue weighted by Crippen LogP contribution is -2.27. The minimum absolute atomic E-state index is 0.408. The lowest BCUT2D eigenvalue weighted by atomic mass is 10.1. The molecule has 2 heterocycles. The van der Waals surface area contributed by atoms with Crippen LogP contribution in [-0.2, 0) is 16.4 Å². The summed E-state index contributed by atoms with van der Waals surface area (Å²) in [7, 11) is -3.34. The van der Waals surface area contributed by atoms with Crippen molar-refractivity contribution in [2.75, 3.05) is 6.26 Å². The van der Waals surface area contributed by atoms with Crippen LogP contribution in [0.1, 0.15) is 38.5 Å². The van der Waals surface area contributed by atoms with Crippen molar-refractivity contribution in [1.29, 1.82) is 0 Å². The summed E-state index contributed by atoms with van der Waals surface area (Å²) in [6.07, 6.45) is 3.51. The van der Waals surface area contributed by atoms with Gasteiger partial charge in [-0.15, -0.1) is 5.10 Å². The zero-order chi connectivity index (χ0) is 16.3. The second kappa shape index (κ2) is 6.53. The third-order valence-corrected chi connectivity index (χ3v) is 3.69. The van der Waals surface area contributed by atoms with E-state index in [1.165, 1.54) is 0 Å². The average molecular weight is 323 g/mol. The Balaban J connectivity index is 2.44. The van der Waals surface area contributed by atoms with Crippen LogP contribution in [0.2, 0.25) is 0 Å². The van der Waals surface area contributed by atoms with Crippen molar-refractivity contribution >= 4 is 10.0 Å². The Morgan fingerprint density at radius 1 is 1.27 bits per heavy atom. The molecule has 0 unspecified atom stereocenters. The number of hydrogen-bond acceptors (Lipinski definition) is 5. The molecule has 0 aliphatic heterocycles. The Morgan fingerprint density at radius 2 is 2.00 bits per heavy atom. The van der Waals surface area contributed by atoms with Gasteiger partial charge in [-0.25, -0.2) is 23.1 Å². The van der Waals surface area contributed by atoms with Gasteiger partial charge in [0.05, 0.1) is 12.3 Å². The van der Waals surface area contributed by atoms with Crippen molar-refractivity contribution in [1.82, 2.24) is 24.5 Å². The summed E-state index contributed by atoms with van der Waals surface area (Å²) in [6, 6.07) is 4.98. The standard InChI is InChI=1S/C14H21N5O2S/c1-10(2)9-12-16-14(11(3)18-22(4,20)21)19(17-12)13-7-5-6-8-15-13/h5-8,10-11,18H,9H2,1-4H3/t11-/m0/s1. The van der Waals surface area contributed by atoms with Crippen LogP contribution in [0, 0.1) is 5.92 Å². The van der Waals surface area contributed by atoms with E-state index < -0.39 is 16.1 Å². The zero-order valence-corrected chi connectivity index (χ0v) is 14.0. The average Bonchev–Trinajstić information content (AvgIpc) is 2.81. The first-order valence-corrected chi connectivity index (χ1v) is 9.00. The SMILES string of the molecule is CC(C)Cc1nc([C@H](C)NS(C)(=O)=O)n(-c2ccccn2)n1. The molecule has 1 atom stereocenters. The van der Waals surface area contributed by atoms with Crippen LogP contribution in [0.3, 0.4) is 0 Å². The van der Waals surface area contributed by atoms with E-state index >= 15 is 0 Å². The number of nitrogens with zero attached hydrogens (tertiary/aromatic N) is 4. The molecule has 0 fully saturated rings. The molecule has 0 amide bonds. The third kappa shape index (κ3) is 4.35. The molecule has 8 heteroatoms. The quantitative estimate of drug-likeness (QED) is 0.869. The van der Waals surface area contributed by atoms with Gasteiger partial charge in [-0.1, -0.05) is 19.9 Å². The molecule has 0 saturated carbocycles. The number of hydrogen-bond donors (Lipinski definition) is 1. The van der Waals surface area contributed by atoms with Crippen LogP contribution in [0.25, 0.3) is 5.82 Å². The molecule has 2 aromatic rings. The van der Waals surface area contributed by atoms with E-state index in [4.69, 9.17) is 0 Å². The second-order valence-corrected chi connectivity index (χ2v) is 7.48. The molecule has 0 aliphatic rings. The molecular formula is C14H21N5O2S. The summed E-state index contributed by atoms with van der Waals surface area (Å²) in [5.41, 5.74) is 0. The number of nitrogens with one attached hydrogen (secondary N) is 1. The second-order valence-electron chi connectivity index (χ2n) is 5.70. The van der Waals surface area contributed by atoms with Gasteiger partial charge in [0.25, 0.3) is 0 Å². The van der Waals surface area contributed by atoms with E-state index in [9.17, 15) is 8.42 Å². The zero-order valence-electron chi connectivity index (χ0n) is 13.2. The topological polar surface area (TPSA) is 89.8 Å². The van der Waals surface area contributed by atoms with Crippen LogP contribution in [0.4, 0.5) is 0 Å². The molecule has 120 valence electrons. The van der Waals surface area contributed by atoms with Crippen molar-refractivity contribution in [2.24, 2.45) is 5.92 Å². The van der Waals surface area contributed by atoms with Gasteiger partial charge in [-0.3, -0.25) is 0 Å². The minimum atomic E-state index is -3.34. The summed E-state index contributed by atoms with van der Waals surface area (Å²) in [6.45, 7) is 5.91. The monoisotopic (exact) mass is 323 g/mol. The molecule has 0 radical (unpaired) electrons. The minimum Gasteiger partial charge on any atom is -0.237 e. The Bertz CT molecular complexity index is 725. The third-order valence-electron chi connectivity index (χ3n) is 2.91. The van der Waals surface area contributed by atoms with Crippen LogP contribution in [-0.4, -0.2) is 34.4 Å². The molecule has 7 nitrogen and oxygen atoms in total. The van der Waals surface area contributed by atoms with Crippen LogP contribution in [0.15, 0.2) is 24.4 Å². The van der Waals surface area contributed by atoms with Crippen LogP contribution >= 0.6 is 0 Å². The molecule has 22 heavy (non-hydrogen) atoms. The van der Waals surface area contributed by atoms with Gasteiger partial charge in [0, 0.05) is 12.6 Å². The molecule has 0 saturated heterocycles. The number of aromatic nitrogens is 4. The Morgan fingerprint density at radius 3 is 2.55 bits per heavy atom. The Labute approximate surface area is 130 Å². The highest BCUT2D eigenvalue weighted by atomic mass is 32.2. The smallest absolute Gasteiger partial charge is 0.209 e. The maximum atomic E-state index is 11.5. The highest BCUT2D eigenvalue weighted by Crippen LogP contribution is 2.16. The summed E-state index contributed by atoms with van der Waals surface area (Å²) in [5, 5.41) is 4.48. The maximum Gasteiger partial charge on any atom is 0.209 e. The van der Waals surface area contributed by atoms with Gasteiger partial charge in [0.1, 0.15) is 0 Å². The van der Waals surface area contributed by atoms with Gasteiger partial charge in [0.2, 0.25) is 10.0 Å². The molecule has 0 spiro atoms. The Hall–Kier alpha value is -1.80. The fraction of sp³-hybridized carbons (Fsp3) is 0.500. The summed E-state index contributed by atoms with van der Waals surface area (Å²) >= 11 is 0.